The van der Waals surface area contributed by atoms with Gasteiger partial charge in [0.05, 0.1) is 25.0 Å². The predicted octanol–water partition coefficient (Wildman–Crippen LogP) is 4.63. The first-order valence-electron chi connectivity index (χ1n) is 11.2. The molecule has 3 aromatic rings. The van der Waals surface area contributed by atoms with Gasteiger partial charge in [-0.25, -0.2) is 4.57 Å². The van der Waals surface area contributed by atoms with Gasteiger partial charge in [-0.15, -0.1) is 5.75 Å². The Morgan fingerprint density at radius 3 is 2.55 bits per heavy atom. The number of aromatic nitrogens is 1. The molecule has 0 radical (unpaired) electrons. The van der Waals surface area contributed by atoms with E-state index in [1.807, 2.05) is 73.5 Å². The molecular formula is C27H30N2O4. The molecule has 4 rings (SSSR count). The van der Waals surface area contributed by atoms with Crippen molar-refractivity contribution in [3.8, 4) is 17.2 Å². The standard InChI is InChI=1S/C27H30N2O4/c1-5-18(2)33-23-14-9-20(16-24(23)32-4)17-29-25-8-6-7-15-28(25)26(19(3)27(29)31)21-10-12-22(30)13-11-21/h6-16,18,26H,5,17H2,1-4H3,(H-,30,31). The maximum Gasteiger partial charge on any atom is 0.285 e. The number of nitrogens with zero attached hydrogens (tertiary/aromatic N) is 2. The summed E-state index contributed by atoms with van der Waals surface area (Å²) in [5, 5.41) is 22.8. The van der Waals surface area contributed by atoms with Gasteiger partial charge in [0.25, 0.3) is 11.7 Å². The number of ether oxygens (including phenoxy) is 2. The van der Waals surface area contributed by atoms with E-state index in [0.29, 0.717) is 18.0 Å². The van der Waals surface area contributed by atoms with Crippen molar-refractivity contribution in [2.75, 3.05) is 12.0 Å². The fourth-order valence-corrected chi connectivity index (χ4v) is 4.15. The molecule has 2 aromatic carbocycles. The summed E-state index contributed by atoms with van der Waals surface area (Å²) < 4.78 is 13.7. The Morgan fingerprint density at radius 1 is 1.09 bits per heavy atom. The van der Waals surface area contributed by atoms with Crippen molar-refractivity contribution in [2.45, 2.75) is 45.9 Å². The summed E-state index contributed by atoms with van der Waals surface area (Å²) in [4.78, 5) is 1.89. The summed E-state index contributed by atoms with van der Waals surface area (Å²) >= 11 is 0. The minimum absolute atomic E-state index is 0.0324. The number of anilines is 1. The normalized spacial score (nSPS) is 16.4. The average Bonchev–Trinajstić information content (AvgIpc) is 2.83. The van der Waals surface area contributed by atoms with Crippen LogP contribution in [0.1, 0.15) is 44.4 Å². The topological polar surface area (TPSA) is 68.9 Å². The molecule has 0 saturated carbocycles. The van der Waals surface area contributed by atoms with Gasteiger partial charge in [-0.05, 0) is 44.0 Å². The highest BCUT2D eigenvalue weighted by atomic mass is 16.5. The van der Waals surface area contributed by atoms with E-state index in [4.69, 9.17) is 9.47 Å². The number of fused-ring (bicyclic) bond motifs is 1. The first-order valence-corrected chi connectivity index (χ1v) is 11.2. The molecule has 1 aliphatic heterocycles. The third-order valence-corrected chi connectivity index (χ3v) is 6.11. The van der Waals surface area contributed by atoms with Crippen LogP contribution in [0.25, 0.3) is 0 Å². The minimum atomic E-state index is -0.195. The largest absolute Gasteiger partial charge is 0.872 e. The van der Waals surface area contributed by atoms with Gasteiger partial charge in [0.1, 0.15) is 6.54 Å². The molecule has 6 heteroatoms. The first-order chi connectivity index (χ1) is 15.9. The van der Waals surface area contributed by atoms with Crippen LogP contribution >= 0.6 is 0 Å². The van der Waals surface area contributed by atoms with Crippen LogP contribution in [0.15, 0.2) is 78.3 Å². The highest BCUT2D eigenvalue weighted by Crippen LogP contribution is 2.35. The Balaban J connectivity index is 1.70. The molecule has 2 unspecified atom stereocenters. The molecule has 2 heterocycles. The van der Waals surface area contributed by atoms with E-state index in [2.05, 4.69) is 11.5 Å². The van der Waals surface area contributed by atoms with Crippen LogP contribution < -0.4 is 24.0 Å². The Bertz CT molecular complexity index is 1160. The van der Waals surface area contributed by atoms with Gasteiger partial charge >= 0.3 is 0 Å². The lowest BCUT2D eigenvalue weighted by molar-refractivity contribution is -0.695. The SMILES string of the molecule is CCC(C)Oc1ccc(CN2C(O)=C(C)C(c3ccc([O-])cc3)[n+]3ccccc32)cc1OC. The number of hydrogen-bond acceptors (Lipinski definition) is 5. The summed E-state index contributed by atoms with van der Waals surface area (Å²) in [6, 6.07) is 18.3. The third-order valence-electron chi connectivity index (χ3n) is 6.11. The second kappa shape index (κ2) is 9.45. The monoisotopic (exact) mass is 446 g/mol. The van der Waals surface area contributed by atoms with Gasteiger partial charge in [0.2, 0.25) is 0 Å². The van der Waals surface area contributed by atoms with Crippen molar-refractivity contribution in [3.05, 3.63) is 89.4 Å². The van der Waals surface area contributed by atoms with E-state index in [9.17, 15) is 10.2 Å². The van der Waals surface area contributed by atoms with E-state index < -0.39 is 0 Å². The zero-order valence-corrected chi connectivity index (χ0v) is 19.5. The maximum absolute atomic E-state index is 11.6. The summed E-state index contributed by atoms with van der Waals surface area (Å²) in [6.07, 6.45) is 3.00. The lowest BCUT2D eigenvalue weighted by Crippen LogP contribution is -2.50. The Hall–Kier alpha value is -3.67. The molecule has 0 amide bonds. The van der Waals surface area contributed by atoms with Crippen LogP contribution in [0.2, 0.25) is 0 Å². The minimum Gasteiger partial charge on any atom is -0.872 e. The lowest BCUT2D eigenvalue weighted by atomic mass is 9.97. The van der Waals surface area contributed by atoms with Crippen LogP contribution in [0.4, 0.5) is 5.82 Å². The van der Waals surface area contributed by atoms with E-state index in [1.165, 1.54) is 0 Å². The molecule has 0 aliphatic carbocycles. The number of pyridine rings is 1. The molecule has 0 saturated heterocycles. The fraction of sp³-hybridized carbons (Fsp3) is 0.296. The number of benzene rings is 2. The second-order valence-corrected chi connectivity index (χ2v) is 8.35. The van der Waals surface area contributed by atoms with Gasteiger partial charge in [0.15, 0.2) is 17.5 Å². The van der Waals surface area contributed by atoms with Crippen LogP contribution in [0.5, 0.6) is 17.2 Å². The van der Waals surface area contributed by atoms with Crippen molar-refractivity contribution in [1.29, 1.82) is 0 Å². The molecule has 6 nitrogen and oxygen atoms in total. The molecule has 0 spiro atoms. The van der Waals surface area contributed by atoms with Crippen molar-refractivity contribution in [1.82, 2.24) is 0 Å². The average molecular weight is 447 g/mol. The highest BCUT2D eigenvalue weighted by molar-refractivity contribution is 5.49. The number of hydrogen-bond donors (Lipinski definition) is 1. The first kappa shape index (κ1) is 22.5. The van der Waals surface area contributed by atoms with E-state index in [0.717, 1.165) is 28.9 Å². The molecule has 0 bridgehead atoms. The maximum atomic E-state index is 11.6. The van der Waals surface area contributed by atoms with Crippen molar-refractivity contribution < 1.29 is 24.3 Å². The van der Waals surface area contributed by atoms with Gasteiger partial charge in [-0.3, -0.25) is 0 Å². The summed E-state index contributed by atoms with van der Waals surface area (Å²) in [5.41, 5.74) is 2.73. The smallest absolute Gasteiger partial charge is 0.285 e. The van der Waals surface area contributed by atoms with Crippen LogP contribution in [-0.4, -0.2) is 18.3 Å². The van der Waals surface area contributed by atoms with E-state index >= 15 is 0 Å². The van der Waals surface area contributed by atoms with Crippen LogP contribution in [0.3, 0.4) is 0 Å². The van der Waals surface area contributed by atoms with Gasteiger partial charge in [-0.1, -0.05) is 43.3 Å². The predicted molar refractivity (Wildman–Crippen MR) is 126 cm³/mol. The Kier molecular flexibility index (Phi) is 6.45. The zero-order chi connectivity index (χ0) is 23.5. The molecule has 0 fully saturated rings. The van der Waals surface area contributed by atoms with Gasteiger partial charge in [-0.2, -0.15) is 4.90 Å². The Labute approximate surface area is 195 Å². The van der Waals surface area contributed by atoms with Crippen molar-refractivity contribution >= 4 is 5.82 Å². The quantitative estimate of drug-likeness (QED) is 0.536. The van der Waals surface area contributed by atoms with E-state index in [-0.39, 0.29) is 23.8 Å². The molecule has 1 aliphatic rings. The van der Waals surface area contributed by atoms with Crippen LogP contribution in [-0.2, 0) is 6.54 Å². The summed E-state index contributed by atoms with van der Waals surface area (Å²) in [5.74, 6) is 2.41. The third kappa shape index (κ3) is 4.46. The molecular weight excluding hydrogens is 416 g/mol. The van der Waals surface area contributed by atoms with Crippen molar-refractivity contribution in [2.24, 2.45) is 0 Å². The molecule has 1 aromatic heterocycles. The number of allylic oxidation sites excluding steroid dienone is 1. The lowest BCUT2D eigenvalue weighted by Gasteiger charge is -2.30. The Morgan fingerprint density at radius 2 is 1.85 bits per heavy atom. The second-order valence-electron chi connectivity index (χ2n) is 8.35. The molecule has 172 valence electrons. The fourth-order valence-electron chi connectivity index (χ4n) is 4.15. The molecule has 1 N–H and O–H groups in total. The molecule has 33 heavy (non-hydrogen) atoms. The number of aliphatic hydroxyl groups is 1. The van der Waals surface area contributed by atoms with Crippen LogP contribution in [0, 0.1) is 0 Å². The van der Waals surface area contributed by atoms with Gasteiger partial charge in [0, 0.05) is 11.6 Å². The van der Waals surface area contributed by atoms with E-state index in [1.54, 1.807) is 19.2 Å². The summed E-state index contributed by atoms with van der Waals surface area (Å²) in [7, 11) is 1.63. The number of rotatable bonds is 7. The zero-order valence-electron chi connectivity index (χ0n) is 19.5. The highest BCUT2D eigenvalue weighted by Gasteiger charge is 2.38. The van der Waals surface area contributed by atoms with Gasteiger partial charge < -0.3 is 19.7 Å². The number of methoxy groups -OCH3 is 1. The number of aliphatic hydroxyl groups excluding tert-OH is 1. The van der Waals surface area contributed by atoms with Crippen molar-refractivity contribution in [3.63, 3.8) is 0 Å². The summed E-state index contributed by atoms with van der Waals surface area (Å²) in [6.45, 7) is 6.49. The molecule has 2 atom stereocenters.